The lowest BCUT2D eigenvalue weighted by atomic mass is 9.77. The molecule has 3 amide bonds. The van der Waals surface area contributed by atoms with E-state index in [2.05, 4.69) is 77.3 Å². The molecule has 0 aliphatic rings. The first kappa shape index (κ1) is 44.4. The van der Waals surface area contributed by atoms with Crippen LogP contribution < -0.4 is 26.0 Å². The van der Waals surface area contributed by atoms with Crippen molar-refractivity contribution in [3.05, 3.63) is 167 Å². The number of unbranched alkanes of at least 4 members (excludes halogenated alkanes) is 1. The molecule has 0 aliphatic heterocycles. The Kier molecular flexibility index (Phi) is 16.4. The maximum atomic E-state index is 14.1. The molecule has 5 aromatic carbocycles. The van der Waals surface area contributed by atoms with Crippen LogP contribution in [0.3, 0.4) is 0 Å². The van der Waals surface area contributed by atoms with Crippen LogP contribution in [0, 0.1) is 0 Å². The van der Waals surface area contributed by atoms with Crippen LogP contribution in [0.15, 0.2) is 140 Å². The normalized spacial score (nSPS) is 12.5. The molecule has 0 fully saturated rings. The summed E-state index contributed by atoms with van der Waals surface area (Å²) in [6, 6.07) is 43.9. The highest BCUT2D eigenvalue weighted by Gasteiger charge is 2.36. The smallest absolute Gasteiger partial charge is 0.407 e. The van der Waals surface area contributed by atoms with E-state index in [1.54, 1.807) is 31.4 Å². The van der Waals surface area contributed by atoms with Crippen LogP contribution in [0.4, 0.5) is 10.5 Å². The summed E-state index contributed by atoms with van der Waals surface area (Å²) in [4.78, 5) is 41.1. The number of alkyl carbamates (subject to hydrolysis) is 1. The Balaban J connectivity index is 1.35. The number of hydrogen-bond acceptors (Lipinski definition) is 7. The lowest BCUT2D eigenvalue weighted by Crippen LogP contribution is -2.53. The number of hydrogen-bond donors (Lipinski definition) is 5. The number of benzene rings is 5. The van der Waals surface area contributed by atoms with E-state index in [0.29, 0.717) is 37.1 Å². The molecule has 0 heterocycles. The lowest BCUT2D eigenvalue weighted by molar-refractivity contribution is -0.128. The van der Waals surface area contributed by atoms with E-state index in [9.17, 15) is 19.5 Å². The number of aliphatic hydroxyl groups is 1. The second-order valence-corrected chi connectivity index (χ2v) is 21.5. The van der Waals surface area contributed by atoms with Crippen LogP contribution in [-0.4, -0.2) is 63.4 Å². The predicted octanol–water partition coefficient (Wildman–Crippen LogP) is 8.04. The molecule has 0 saturated carbocycles. The third-order valence-corrected chi connectivity index (χ3v) is 12.0. The zero-order valence-electron chi connectivity index (χ0n) is 34.6. The maximum absolute atomic E-state index is 14.1. The Morgan fingerprint density at radius 1 is 0.661 bits per heavy atom. The Morgan fingerprint density at radius 3 is 1.80 bits per heavy atom. The van der Waals surface area contributed by atoms with Crippen molar-refractivity contribution in [1.29, 1.82) is 0 Å². The van der Waals surface area contributed by atoms with E-state index >= 15 is 0 Å². The van der Waals surface area contributed by atoms with Crippen LogP contribution in [-0.2, 0) is 32.9 Å². The fourth-order valence-corrected chi connectivity index (χ4v) is 7.64. The molecule has 0 unspecified atom stereocenters. The van der Waals surface area contributed by atoms with Gasteiger partial charge in [-0.1, -0.05) is 135 Å². The van der Waals surface area contributed by atoms with Gasteiger partial charge in [0.2, 0.25) is 11.8 Å². The van der Waals surface area contributed by atoms with Gasteiger partial charge in [-0.15, -0.1) is 0 Å². The van der Waals surface area contributed by atoms with Gasteiger partial charge in [0.15, 0.2) is 0 Å². The molecule has 0 aliphatic carbocycles. The molecule has 10 nitrogen and oxygen atoms in total. The molecule has 0 spiro atoms. The van der Waals surface area contributed by atoms with Crippen LogP contribution in [0.2, 0.25) is 25.7 Å². The molecule has 2 atom stereocenters. The summed E-state index contributed by atoms with van der Waals surface area (Å²) < 4.78 is 11.0. The molecule has 0 radical (unpaired) electrons. The van der Waals surface area contributed by atoms with E-state index in [-0.39, 0.29) is 25.5 Å². The van der Waals surface area contributed by atoms with Gasteiger partial charge in [-0.3, -0.25) is 14.9 Å². The summed E-state index contributed by atoms with van der Waals surface area (Å²) in [5.74, 6) is -0.114. The first-order valence-electron chi connectivity index (χ1n) is 20.3. The van der Waals surface area contributed by atoms with Gasteiger partial charge in [0.05, 0.1) is 25.9 Å². The van der Waals surface area contributed by atoms with Gasteiger partial charge in [0.1, 0.15) is 17.8 Å². The summed E-state index contributed by atoms with van der Waals surface area (Å²) in [5, 5.41) is 22.1. The third kappa shape index (κ3) is 13.1. The van der Waals surface area contributed by atoms with Gasteiger partial charge in [0, 0.05) is 20.2 Å². The predicted molar refractivity (Wildman–Crippen MR) is 237 cm³/mol. The largest absolute Gasteiger partial charge is 0.497 e. The first-order valence-corrected chi connectivity index (χ1v) is 24.0. The molecular formula is C48H58N4O6Si. The summed E-state index contributed by atoms with van der Waals surface area (Å²) in [6.07, 6.45) is 1.14. The maximum Gasteiger partial charge on any atom is 0.407 e. The number of aliphatic hydroxyl groups excluding tert-OH is 1. The zero-order chi connectivity index (χ0) is 42.1. The lowest BCUT2D eigenvalue weighted by Gasteiger charge is -2.37. The number of ether oxygens (including phenoxy) is 2. The number of methoxy groups -OCH3 is 1. The van der Waals surface area contributed by atoms with Gasteiger partial charge in [-0.2, -0.15) is 0 Å². The highest BCUT2D eigenvalue weighted by molar-refractivity contribution is 6.76. The quantitative estimate of drug-likeness (QED) is 0.0287. The SMILES string of the molecule is COc1ccc(C(NCCCC[C@H](NC(=O)[C@H](Cc2ccccc2)NC(=O)OCC[Si](C)(C)C)C(=O)Nc2ccc(CO)cc2)(c2ccccc2)c2ccccc2)cc1. The average molecular weight is 815 g/mol. The Morgan fingerprint density at radius 2 is 1.24 bits per heavy atom. The minimum Gasteiger partial charge on any atom is -0.497 e. The number of anilines is 1. The monoisotopic (exact) mass is 814 g/mol. The van der Waals surface area contributed by atoms with Gasteiger partial charge in [-0.25, -0.2) is 4.79 Å². The van der Waals surface area contributed by atoms with Crippen LogP contribution in [0.25, 0.3) is 0 Å². The number of carbonyl (C=O) groups excluding carboxylic acids is 3. The van der Waals surface area contributed by atoms with Crippen LogP contribution >= 0.6 is 0 Å². The molecular weight excluding hydrogens is 757 g/mol. The van der Waals surface area contributed by atoms with Gasteiger partial charge in [0.25, 0.3) is 0 Å². The molecule has 0 bridgehead atoms. The molecule has 0 saturated heterocycles. The minimum atomic E-state index is -1.45. The van der Waals surface area contributed by atoms with Gasteiger partial charge >= 0.3 is 6.09 Å². The van der Waals surface area contributed by atoms with E-state index in [1.165, 1.54) is 0 Å². The van der Waals surface area contributed by atoms with E-state index in [4.69, 9.17) is 9.47 Å². The highest BCUT2D eigenvalue weighted by Crippen LogP contribution is 2.37. The standard InChI is InChI=1S/C48H58N4O6Si/c1-57-42-29-25-40(26-30-42)48(38-18-10-6-11-19-38,39-20-12-7-13-21-39)49-31-15-14-22-43(45(54)50-41-27-23-37(35-53)24-28-41)51-46(55)44(34-36-16-8-5-9-17-36)52-47(56)58-32-33-59(2,3)4/h5-13,16-21,23-30,43-44,49,53H,14-15,22,31-35H2,1-4H3,(H,50,54)(H,51,55)(H,52,56)/t43-,44-/m0/s1. The van der Waals surface area contributed by atoms with Crippen molar-refractivity contribution in [3.63, 3.8) is 0 Å². The van der Waals surface area contributed by atoms with Crippen LogP contribution in [0.5, 0.6) is 5.75 Å². The Hall–Kier alpha value is -5.75. The topological polar surface area (TPSA) is 138 Å². The number of carbonyl (C=O) groups is 3. The minimum absolute atomic E-state index is 0.119. The van der Waals surface area contributed by atoms with Crippen molar-refractivity contribution < 1.29 is 29.0 Å². The Labute approximate surface area is 349 Å². The molecule has 59 heavy (non-hydrogen) atoms. The Bertz CT molecular complexity index is 2000. The molecule has 5 rings (SSSR count). The van der Waals surface area contributed by atoms with E-state index < -0.39 is 37.7 Å². The molecule has 310 valence electrons. The van der Waals surface area contributed by atoms with Crippen molar-refractivity contribution in [3.8, 4) is 5.75 Å². The molecule has 5 aromatic rings. The van der Waals surface area contributed by atoms with Crippen molar-refractivity contribution >= 4 is 31.7 Å². The fourth-order valence-electron chi connectivity index (χ4n) is 6.93. The summed E-state index contributed by atoms with van der Waals surface area (Å²) in [5.41, 5.74) is 4.59. The second-order valence-electron chi connectivity index (χ2n) is 15.9. The molecule has 5 N–H and O–H groups in total. The molecule has 0 aromatic heterocycles. The zero-order valence-corrected chi connectivity index (χ0v) is 35.6. The van der Waals surface area contributed by atoms with E-state index in [0.717, 1.165) is 34.0 Å². The fraction of sp³-hybridized carbons (Fsp3) is 0.312. The number of nitrogens with one attached hydrogen (secondary N) is 4. The van der Waals surface area contributed by atoms with Crippen molar-refractivity contribution in [2.45, 2.75) is 75.6 Å². The van der Waals surface area contributed by atoms with Crippen molar-refractivity contribution in [1.82, 2.24) is 16.0 Å². The summed E-state index contributed by atoms with van der Waals surface area (Å²) in [7, 11) is 0.200. The third-order valence-electron chi connectivity index (χ3n) is 10.3. The van der Waals surface area contributed by atoms with Crippen molar-refractivity contribution in [2.75, 3.05) is 25.6 Å². The van der Waals surface area contributed by atoms with Crippen LogP contribution in [0.1, 0.15) is 47.1 Å². The van der Waals surface area contributed by atoms with Gasteiger partial charge < -0.3 is 30.5 Å². The average Bonchev–Trinajstić information content (AvgIpc) is 3.25. The molecule has 11 heteroatoms. The van der Waals surface area contributed by atoms with E-state index in [1.807, 2.05) is 78.9 Å². The summed E-state index contributed by atoms with van der Waals surface area (Å²) in [6.45, 7) is 7.33. The second kappa shape index (κ2) is 21.8. The first-order chi connectivity index (χ1) is 28.5. The van der Waals surface area contributed by atoms with Gasteiger partial charge in [-0.05, 0) is 83.9 Å². The number of amides is 3. The summed E-state index contributed by atoms with van der Waals surface area (Å²) >= 11 is 0. The van der Waals surface area contributed by atoms with Crippen molar-refractivity contribution in [2.24, 2.45) is 0 Å². The number of rotatable bonds is 21. The highest BCUT2D eigenvalue weighted by atomic mass is 28.3.